The second kappa shape index (κ2) is 6.97. The predicted octanol–water partition coefficient (Wildman–Crippen LogP) is 7.30. The number of rotatable bonds is 2. The van der Waals surface area contributed by atoms with Crippen molar-refractivity contribution in [1.82, 2.24) is 0 Å². The maximum atomic E-state index is 12.9. The summed E-state index contributed by atoms with van der Waals surface area (Å²) in [5.41, 5.74) is 1.03. The number of carbonyl (C=O) groups is 2. The smallest absolute Gasteiger partial charge is 0.309 e. The highest BCUT2D eigenvalue weighted by Gasteiger charge is 2.72. The molecule has 0 aromatic rings. The topological polar surface area (TPSA) is 54.4 Å². The molecule has 0 amide bonds. The van der Waals surface area contributed by atoms with Crippen molar-refractivity contribution in [2.45, 2.75) is 106 Å². The molecule has 5 aliphatic rings. The summed E-state index contributed by atoms with van der Waals surface area (Å²) in [5.74, 6) is 2.07. The van der Waals surface area contributed by atoms with E-state index in [1.165, 1.54) is 18.4 Å². The number of Topliss-reactive ketones (excluding diaryl/α,β-unsaturated/α-hetero) is 1. The standard InChI is InChI=1S/C30H46O3/c1-18(2)19-10-15-30(25(32)33)17-16-28(6)20(24(19)30)8-9-22-27(5)13-12-23(31)26(3,4)21(27)11-14-29(22,28)7/h19-22,24H,1,8-17H2,2-7H3,(H,32,33)/t19-,20+,21+,22+,24-,27-,28+,29+,30-/m0/s1. The van der Waals surface area contributed by atoms with Crippen molar-refractivity contribution in [2.24, 2.45) is 56.7 Å². The Morgan fingerprint density at radius 2 is 1.58 bits per heavy atom. The van der Waals surface area contributed by atoms with Crippen molar-refractivity contribution < 1.29 is 14.7 Å². The van der Waals surface area contributed by atoms with Crippen LogP contribution in [0.15, 0.2) is 12.2 Å². The van der Waals surface area contributed by atoms with E-state index < -0.39 is 11.4 Å². The Kier molecular flexibility index (Phi) is 4.99. The van der Waals surface area contributed by atoms with Gasteiger partial charge in [0, 0.05) is 11.8 Å². The van der Waals surface area contributed by atoms with Gasteiger partial charge in [-0.25, -0.2) is 0 Å². The molecule has 0 unspecified atom stereocenters. The van der Waals surface area contributed by atoms with Gasteiger partial charge in [-0.15, -0.1) is 0 Å². The van der Waals surface area contributed by atoms with E-state index in [0.29, 0.717) is 29.5 Å². The summed E-state index contributed by atoms with van der Waals surface area (Å²) >= 11 is 0. The summed E-state index contributed by atoms with van der Waals surface area (Å²) in [4.78, 5) is 25.7. The van der Waals surface area contributed by atoms with Gasteiger partial charge in [-0.2, -0.15) is 0 Å². The van der Waals surface area contributed by atoms with Crippen molar-refractivity contribution in [3.05, 3.63) is 12.2 Å². The number of carboxylic acids is 1. The van der Waals surface area contributed by atoms with Crippen LogP contribution < -0.4 is 0 Å². The van der Waals surface area contributed by atoms with Crippen LogP contribution in [0.4, 0.5) is 0 Å². The Balaban J connectivity index is 1.57. The lowest BCUT2D eigenvalue weighted by Gasteiger charge is -2.72. The number of hydrogen-bond donors (Lipinski definition) is 1. The molecule has 5 saturated carbocycles. The quantitative estimate of drug-likeness (QED) is 0.445. The van der Waals surface area contributed by atoms with Gasteiger partial charge in [-0.1, -0.05) is 46.8 Å². The molecule has 0 spiro atoms. The molecule has 5 rings (SSSR count). The van der Waals surface area contributed by atoms with Crippen LogP contribution in [-0.2, 0) is 9.59 Å². The lowest BCUT2D eigenvalue weighted by atomic mass is 9.32. The lowest BCUT2D eigenvalue weighted by molar-refractivity contribution is -0.235. The molecule has 0 aromatic carbocycles. The van der Waals surface area contributed by atoms with Gasteiger partial charge in [0.25, 0.3) is 0 Å². The molecular weight excluding hydrogens is 408 g/mol. The monoisotopic (exact) mass is 454 g/mol. The molecule has 184 valence electrons. The zero-order valence-electron chi connectivity index (χ0n) is 21.9. The van der Waals surface area contributed by atoms with Crippen molar-refractivity contribution >= 4 is 11.8 Å². The Hall–Kier alpha value is -1.12. The molecule has 3 heteroatoms. The minimum absolute atomic E-state index is 0.164. The van der Waals surface area contributed by atoms with E-state index in [0.717, 1.165) is 51.4 Å². The average Bonchev–Trinajstić information content (AvgIpc) is 3.13. The van der Waals surface area contributed by atoms with E-state index in [1.54, 1.807) is 0 Å². The van der Waals surface area contributed by atoms with Gasteiger partial charge in [0.1, 0.15) is 5.78 Å². The van der Waals surface area contributed by atoms with Gasteiger partial charge in [-0.05, 0) is 111 Å². The molecular formula is C30H46O3. The van der Waals surface area contributed by atoms with Crippen LogP contribution in [0, 0.1) is 56.7 Å². The third-order valence-corrected chi connectivity index (χ3v) is 13.2. The maximum Gasteiger partial charge on any atom is 0.309 e. The molecule has 0 aliphatic heterocycles. The molecule has 33 heavy (non-hydrogen) atoms. The predicted molar refractivity (Wildman–Crippen MR) is 132 cm³/mol. The number of carboxylic acid groups (broad SMARTS) is 1. The van der Waals surface area contributed by atoms with Crippen LogP contribution in [0.1, 0.15) is 106 Å². The third kappa shape index (κ3) is 2.69. The molecule has 5 aliphatic carbocycles. The van der Waals surface area contributed by atoms with Crippen molar-refractivity contribution in [3.63, 3.8) is 0 Å². The SMILES string of the molecule is C=C(C)[C@@H]1CC[C@]2(C(=O)O)CC[C@]3(C)[C@H](CC[C@@H]4[C@@]5(C)CCC(=O)C(C)(C)[C@H]5CC[C@]43C)[C@H]12. The normalized spacial score (nSPS) is 52.8. The second-order valence-electron chi connectivity index (χ2n) is 14.3. The van der Waals surface area contributed by atoms with Crippen molar-refractivity contribution in [3.8, 4) is 0 Å². The minimum Gasteiger partial charge on any atom is -0.481 e. The number of ketones is 1. The van der Waals surface area contributed by atoms with E-state index in [2.05, 4.69) is 48.1 Å². The Labute approximate surface area is 201 Å². The van der Waals surface area contributed by atoms with Crippen LogP contribution in [0.2, 0.25) is 0 Å². The molecule has 0 radical (unpaired) electrons. The first kappa shape index (κ1) is 23.6. The van der Waals surface area contributed by atoms with Crippen LogP contribution >= 0.6 is 0 Å². The molecule has 0 heterocycles. The minimum atomic E-state index is -0.547. The van der Waals surface area contributed by atoms with Crippen LogP contribution in [0.25, 0.3) is 0 Å². The highest BCUT2D eigenvalue weighted by molar-refractivity contribution is 5.85. The summed E-state index contributed by atoms with van der Waals surface area (Å²) < 4.78 is 0. The molecule has 9 atom stereocenters. The van der Waals surface area contributed by atoms with Gasteiger partial charge in [-0.3, -0.25) is 9.59 Å². The highest BCUT2D eigenvalue weighted by Crippen LogP contribution is 2.77. The Bertz CT molecular complexity index is 902. The summed E-state index contributed by atoms with van der Waals surface area (Å²) in [7, 11) is 0. The fraction of sp³-hybridized carbons (Fsp3) is 0.867. The van der Waals surface area contributed by atoms with Crippen LogP contribution in [0.5, 0.6) is 0 Å². The molecule has 0 bridgehead atoms. The molecule has 0 aromatic heterocycles. The van der Waals surface area contributed by atoms with Crippen LogP contribution in [0.3, 0.4) is 0 Å². The number of allylic oxidation sites excluding steroid dienone is 1. The molecule has 0 saturated heterocycles. The van der Waals surface area contributed by atoms with Crippen molar-refractivity contribution in [2.75, 3.05) is 0 Å². The number of hydrogen-bond acceptors (Lipinski definition) is 2. The van der Waals surface area contributed by atoms with Crippen LogP contribution in [-0.4, -0.2) is 16.9 Å². The van der Waals surface area contributed by atoms with Gasteiger partial charge in [0.15, 0.2) is 0 Å². The number of aliphatic carboxylic acids is 1. The van der Waals surface area contributed by atoms with Gasteiger partial charge < -0.3 is 5.11 Å². The number of fused-ring (bicyclic) bond motifs is 7. The van der Waals surface area contributed by atoms with Gasteiger partial charge in [0.05, 0.1) is 5.41 Å². The molecule has 3 nitrogen and oxygen atoms in total. The Morgan fingerprint density at radius 1 is 0.879 bits per heavy atom. The fourth-order valence-corrected chi connectivity index (χ4v) is 11.3. The largest absolute Gasteiger partial charge is 0.481 e. The summed E-state index contributed by atoms with van der Waals surface area (Å²) in [6, 6.07) is 0. The first-order valence-corrected chi connectivity index (χ1v) is 13.7. The van der Waals surface area contributed by atoms with E-state index in [9.17, 15) is 14.7 Å². The highest BCUT2D eigenvalue weighted by atomic mass is 16.4. The average molecular weight is 455 g/mol. The maximum absolute atomic E-state index is 12.9. The summed E-state index contributed by atoms with van der Waals surface area (Å²) in [5, 5.41) is 10.5. The molecule has 1 N–H and O–H groups in total. The zero-order chi connectivity index (χ0) is 24.2. The lowest BCUT2D eigenvalue weighted by Crippen LogP contribution is -2.66. The molecule has 5 fully saturated rings. The number of carbonyl (C=O) groups excluding carboxylic acids is 1. The van der Waals surface area contributed by atoms with Gasteiger partial charge >= 0.3 is 5.97 Å². The first-order chi connectivity index (χ1) is 15.3. The van der Waals surface area contributed by atoms with Crippen molar-refractivity contribution in [1.29, 1.82) is 0 Å². The fourth-order valence-electron chi connectivity index (χ4n) is 11.3. The second-order valence-corrected chi connectivity index (χ2v) is 14.3. The Morgan fingerprint density at radius 3 is 2.21 bits per heavy atom. The first-order valence-electron chi connectivity index (χ1n) is 13.7. The summed E-state index contributed by atoms with van der Waals surface area (Å²) in [6.07, 6.45) is 10.1. The van der Waals surface area contributed by atoms with E-state index in [1.807, 2.05) is 0 Å². The van der Waals surface area contributed by atoms with E-state index >= 15 is 0 Å². The summed E-state index contributed by atoms with van der Waals surface area (Å²) in [6.45, 7) is 18.5. The third-order valence-electron chi connectivity index (χ3n) is 13.2. The van der Waals surface area contributed by atoms with E-state index in [-0.39, 0.29) is 27.6 Å². The van der Waals surface area contributed by atoms with E-state index in [4.69, 9.17) is 0 Å². The zero-order valence-corrected chi connectivity index (χ0v) is 21.9. The van der Waals surface area contributed by atoms with Gasteiger partial charge in [0.2, 0.25) is 0 Å².